The lowest BCUT2D eigenvalue weighted by Gasteiger charge is -2.37. The van der Waals surface area contributed by atoms with Crippen molar-refractivity contribution >= 4 is 0 Å². The van der Waals surface area contributed by atoms with Crippen LogP contribution < -0.4 is 0 Å². The van der Waals surface area contributed by atoms with Crippen LogP contribution in [-0.4, -0.2) is 15.8 Å². The van der Waals surface area contributed by atoms with Crippen molar-refractivity contribution in [2.75, 3.05) is 0 Å². The Bertz CT molecular complexity index is 437. The van der Waals surface area contributed by atoms with E-state index in [-0.39, 0.29) is 5.56 Å². The Kier molecular flexibility index (Phi) is 3.87. The van der Waals surface area contributed by atoms with E-state index in [4.69, 9.17) is 0 Å². The van der Waals surface area contributed by atoms with Crippen LogP contribution >= 0.6 is 0 Å². The molecule has 0 radical (unpaired) electrons. The second-order valence-corrected chi connectivity index (χ2v) is 5.15. The van der Waals surface area contributed by atoms with Crippen LogP contribution in [0.15, 0.2) is 24.3 Å². The number of hydrogen-bond acceptors (Lipinski definition) is 2. The zero-order valence-corrected chi connectivity index (χ0v) is 10.5. The maximum atomic E-state index is 12.9. The Hall–Kier alpha value is -1.07. The molecule has 0 aromatic heterocycles. The molecule has 1 aliphatic rings. The average Bonchev–Trinajstić information content (AvgIpc) is 2.38. The molecular formula is C14H17F3O2. The van der Waals surface area contributed by atoms with Gasteiger partial charge < -0.3 is 10.2 Å². The van der Waals surface area contributed by atoms with Gasteiger partial charge >= 0.3 is 6.18 Å². The molecular weight excluding hydrogens is 257 g/mol. The van der Waals surface area contributed by atoms with E-state index in [2.05, 4.69) is 0 Å². The van der Waals surface area contributed by atoms with Crippen LogP contribution in [-0.2, 0) is 6.18 Å². The first-order chi connectivity index (χ1) is 8.84. The monoisotopic (exact) mass is 274 g/mol. The van der Waals surface area contributed by atoms with E-state index in [0.717, 1.165) is 25.3 Å². The molecule has 106 valence electrons. The molecule has 5 heteroatoms. The Balaban J connectivity index is 2.36. The maximum absolute atomic E-state index is 12.9. The molecule has 1 aromatic rings. The van der Waals surface area contributed by atoms with Crippen molar-refractivity contribution in [2.24, 2.45) is 0 Å². The molecule has 0 aliphatic heterocycles. The molecule has 1 aromatic carbocycles. The van der Waals surface area contributed by atoms with Gasteiger partial charge in [0, 0.05) is 0 Å². The Morgan fingerprint density at radius 1 is 1.05 bits per heavy atom. The number of aliphatic hydroxyl groups excluding tert-OH is 1. The van der Waals surface area contributed by atoms with Gasteiger partial charge in [-0.3, -0.25) is 0 Å². The number of rotatable bonds is 2. The third kappa shape index (κ3) is 2.92. The van der Waals surface area contributed by atoms with Crippen LogP contribution in [0.5, 0.6) is 0 Å². The Morgan fingerprint density at radius 2 is 1.63 bits per heavy atom. The maximum Gasteiger partial charge on any atom is 0.416 e. The van der Waals surface area contributed by atoms with Crippen LogP contribution in [0, 0.1) is 0 Å². The molecule has 2 rings (SSSR count). The third-order valence-corrected chi connectivity index (χ3v) is 3.79. The lowest BCUT2D eigenvalue weighted by molar-refractivity contribution is -0.143. The van der Waals surface area contributed by atoms with Crippen LogP contribution in [0.1, 0.15) is 49.3 Å². The van der Waals surface area contributed by atoms with E-state index in [1.807, 2.05) is 0 Å². The molecule has 0 amide bonds. The largest absolute Gasteiger partial charge is 0.416 e. The van der Waals surface area contributed by atoms with Crippen molar-refractivity contribution in [1.82, 2.24) is 0 Å². The van der Waals surface area contributed by atoms with Gasteiger partial charge in [-0.25, -0.2) is 0 Å². The van der Waals surface area contributed by atoms with E-state index in [1.54, 1.807) is 0 Å². The van der Waals surface area contributed by atoms with Crippen molar-refractivity contribution in [3.63, 3.8) is 0 Å². The first-order valence-corrected chi connectivity index (χ1v) is 6.41. The third-order valence-electron chi connectivity index (χ3n) is 3.79. The molecule has 0 bridgehead atoms. The normalized spacial score (nSPS) is 21.1. The van der Waals surface area contributed by atoms with Gasteiger partial charge in [-0.15, -0.1) is 0 Å². The quantitative estimate of drug-likeness (QED) is 0.867. The van der Waals surface area contributed by atoms with Crippen molar-refractivity contribution in [3.05, 3.63) is 35.4 Å². The summed E-state index contributed by atoms with van der Waals surface area (Å²) in [5.74, 6) is 0. The van der Waals surface area contributed by atoms with Crippen LogP contribution in [0.4, 0.5) is 13.2 Å². The van der Waals surface area contributed by atoms with E-state index in [0.29, 0.717) is 12.8 Å². The highest BCUT2D eigenvalue weighted by atomic mass is 19.4. The number of halogens is 3. The van der Waals surface area contributed by atoms with Crippen molar-refractivity contribution in [2.45, 2.75) is 50.0 Å². The second-order valence-electron chi connectivity index (χ2n) is 5.15. The summed E-state index contributed by atoms with van der Waals surface area (Å²) in [5, 5.41) is 20.6. The summed E-state index contributed by atoms with van der Waals surface area (Å²) in [4.78, 5) is 0. The van der Waals surface area contributed by atoms with Crippen molar-refractivity contribution in [3.8, 4) is 0 Å². The summed E-state index contributed by atoms with van der Waals surface area (Å²) in [5.41, 5.74) is -2.56. The van der Waals surface area contributed by atoms with Gasteiger partial charge in [0.1, 0.15) is 6.10 Å². The summed E-state index contributed by atoms with van der Waals surface area (Å²) in [7, 11) is 0. The topological polar surface area (TPSA) is 40.5 Å². The molecule has 1 aliphatic carbocycles. The van der Waals surface area contributed by atoms with Gasteiger partial charge in [0.05, 0.1) is 11.2 Å². The summed E-state index contributed by atoms with van der Waals surface area (Å²) < 4.78 is 38.7. The van der Waals surface area contributed by atoms with Crippen molar-refractivity contribution in [1.29, 1.82) is 0 Å². The van der Waals surface area contributed by atoms with Gasteiger partial charge in [0.25, 0.3) is 0 Å². The molecule has 0 spiro atoms. The lowest BCUT2D eigenvalue weighted by atomic mass is 9.77. The average molecular weight is 274 g/mol. The first kappa shape index (κ1) is 14.3. The van der Waals surface area contributed by atoms with Gasteiger partial charge in [0.15, 0.2) is 0 Å². The summed E-state index contributed by atoms with van der Waals surface area (Å²) in [6.45, 7) is 0. The van der Waals surface area contributed by atoms with Crippen LogP contribution in [0.3, 0.4) is 0 Å². The van der Waals surface area contributed by atoms with E-state index < -0.39 is 23.4 Å². The minimum atomic E-state index is -4.53. The van der Waals surface area contributed by atoms with Crippen LogP contribution in [0.2, 0.25) is 0 Å². The SMILES string of the molecule is OC(c1ccccc1C(F)(F)F)C1(O)CCCCC1. The predicted octanol–water partition coefficient (Wildman–Crippen LogP) is 3.43. The predicted molar refractivity (Wildman–Crippen MR) is 64.4 cm³/mol. The second kappa shape index (κ2) is 5.13. The highest BCUT2D eigenvalue weighted by molar-refractivity contribution is 5.33. The van der Waals surface area contributed by atoms with E-state index in [1.165, 1.54) is 18.2 Å². The molecule has 1 saturated carbocycles. The summed E-state index contributed by atoms with van der Waals surface area (Å²) >= 11 is 0. The van der Waals surface area contributed by atoms with E-state index in [9.17, 15) is 23.4 Å². The molecule has 2 N–H and O–H groups in total. The molecule has 0 saturated heterocycles. The number of aliphatic hydroxyl groups is 2. The minimum absolute atomic E-state index is 0.237. The molecule has 0 heterocycles. The summed E-state index contributed by atoms with van der Waals surface area (Å²) in [6, 6.07) is 4.90. The molecule has 19 heavy (non-hydrogen) atoms. The van der Waals surface area contributed by atoms with E-state index >= 15 is 0 Å². The highest BCUT2D eigenvalue weighted by Crippen LogP contribution is 2.42. The highest BCUT2D eigenvalue weighted by Gasteiger charge is 2.42. The standard InChI is InChI=1S/C14H17F3O2/c15-14(16,17)11-7-3-2-6-10(11)12(18)13(19)8-4-1-5-9-13/h2-3,6-7,12,18-19H,1,4-5,8-9H2. The number of hydrogen-bond donors (Lipinski definition) is 2. The summed E-state index contributed by atoms with van der Waals surface area (Å²) in [6.07, 6.45) is -2.96. The molecule has 1 unspecified atom stereocenters. The molecule has 2 nitrogen and oxygen atoms in total. The Labute approximate surface area is 109 Å². The Morgan fingerprint density at radius 3 is 2.21 bits per heavy atom. The van der Waals surface area contributed by atoms with Gasteiger partial charge in [0.2, 0.25) is 0 Å². The zero-order valence-electron chi connectivity index (χ0n) is 10.5. The fourth-order valence-electron chi connectivity index (χ4n) is 2.72. The van der Waals surface area contributed by atoms with Crippen LogP contribution in [0.25, 0.3) is 0 Å². The number of benzene rings is 1. The fourth-order valence-corrected chi connectivity index (χ4v) is 2.72. The fraction of sp³-hybridized carbons (Fsp3) is 0.571. The number of alkyl halides is 3. The van der Waals surface area contributed by atoms with Gasteiger partial charge in [-0.05, 0) is 24.5 Å². The lowest BCUT2D eigenvalue weighted by Crippen LogP contribution is -2.39. The van der Waals surface area contributed by atoms with Gasteiger partial charge in [-0.2, -0.15) is 13.2 Å². The smallest absolute Gasteiger partial charge is 0.387 e. The molecule has 1 fully saturated rings. The van der Waals surface area contributed by atoms with Gasteiger partial charge in [-0.1, -0.05) is 37.5 Å². The molecule has 1 atom stereocenters. The zero-order chi connectivity index (χ0) is 14.1. The minimum Gasteiger partial charge on any atom is -0.387 e. The van der Waals surface area contributed by atoms with Crippen molar-refractivity contribution < 1.29 is 23.4 Å². The first-order valence-electron chi connectivity index (χ1n) is 6.41.